The molecule has 0 saturated carbocycles. The van der Waals surface area contributed by atoms with Gasteiger partial charge in [-0.25, -0.2) is 0 Å². The Bertz CT molecular complexity index is 588. The van der Waals surface area contributed by atoms with E-state index in [-0.39, 0.29) is 6.04 Å². The van der Waals surface area contributed by atoms with Gasteiger partial charge in [0.05, 0.1) is 0 Å². The van der Waals surface area contributed by atoms with Crippen LogP contribution in [0.4, 0.5) is 0 Å². The molecule has 0 fully saturated rings. The lowest BCUT2D eigenvalue weighted by Gasteiger charge is -2.15. The summed E-state index contributed by atoms with van der Waals surface area (Å²) >= 11 is 0. The topological polar surface area (TPSA) is 35.2 Å². The summed E-state index contributed by atoms with van der Waals surface area (Å²) in [5.74, 6) is 2.22. The normalized spacial score (nSPS) is 12.5. The third kappa shape index (κ3) is 3.20. The first-order chi connectivity index (χ1) is 9.49. The standard InChI is InChI=1S/C18H23NO/c1-12(2)16-10-9-15(11-13(16)3)20-18-8-6-5-7-17(18)14(4)19/h5-12,14H,19H2,1-4H3/t14-/m0/s1. The van der Waals surface area contributed by atoms with Crippen molar-refractivity contribution >= 4 is 0 Å². The van der Waals surface area contributed by atoms with Crippen molar-refractivity contribution in [3.05, 3.63) is 59.2 Å². The molecule has 0 aliphatic heterocycles. The molecule has 0 bridgehead atoms. The molecule has 0 spiro atoms. The number of rotatable bonds is 4. The van der Waals surface area contributed by atoms with Crippen molar-refractivity contribution in [3.63, 3.8) is 0 Å². The van der Waals surface area contributed by atoms with Gasteiger partial charge in [-0.3, -0.25) is 0 Å². The van der Waals surface area contributed by atoms with Crippen LogP contribution in [0, 0.1) is 6.92 Å². The molecule has 2 nitrogen and oxygen atoms in total. The second kappa shape index (κ2) is 6.10. The smallest absolute Gasteiger partial charge is 0.132 e. The second-order valence-electron chi connectivity index (χ2n) is 5.60. The summed E-state index contributed by atoms with van der Waals surface area (Å²) < 4.78 is 6.01. The fraction of sp³-hybridized carbons (Fsp3) is 0.333. The Morgan fingerprint density at radius 3 is 2.25 bits per heavy atom. The Labute approximate surface area is 121 Å². The van der Waals surface area contributed by atoms with Crippen molar-refractivity contribution in [2.45, 2.75) is 39.7 Å². The molecule has 0 aliphatic carbocycles. The summed E-state index contributed by atoms with van der Waals surface area (Å²) in [5, 5.41) is 0. The summed E-state index contributed by atoms with van der Waals surface area (Å²) in [7, 11) is 0. The average molecular weight is 269 g/mol. The summed E-state index contributed by atoms with van der Waals surface area (Å²) in [6, 6.07) is 14.1. The van der Waals surface area contributed by atoms with Gasteiger partial charge in [0.1, 0.15) is 11.5 Å². The van der Waals surface area contributed by atoms with Crippen molar-refractivity contribution in [3.8, 4) is 11.5 Å². The molecule has 2 aromatic carbocycles. The number of ether oxygens (including phenoxy) is 1. The van der Waals surface area contributed by atoms with Gasteiger partial charge in [0.2, 0.25) is 0 Å². The number of para-hydroxylation sites is 1. The lowest BCUT2D eigenvalue weighted by molar-refractivity contribution is 0.471. The molecule has 0 amide bonds. The Morgan fingerprint density at radius 2 is 1.65 bits per heavy atom. The number of aryl methyl sites for hydroxylation is 1. The molecule has 0 aliphatic rings. The zero-order valence-corrected chi connectivity index (χ0v) is 12.7. The lowest BCUT2D eigenvalue weighted by Crippen LogP contribution is -2.06. The minimum absolute atomic E-state index is 0.0396. The molecule has 2 rings (SSSR count). The first-order valence-electron chi connectivity index (χ1n) is 7.12. The van der Waals surface area contributed by atoms with Crippen LogP contribution in [0.3, 0.4) is 0 Å². The molecule has 1 atom stereocenters. The predicted molar refractivity (Wildman–Crippen MR) is 84.4 cm³/mol. The molecule has 2 aromatic rings. The first kappa shape index (κ1) is 14.6. The summed E-state index contributed by atoms with van der Waals surface area (Å²) in [5.41, 5.74) is 9.63. The largest absolute Gasteiger partial charge is 0.457 e. The lowest BCUT2D eigenvalue weighted by atomic mass is 9.98. The summed E-state index contributed by atoms with van der Waals surface area (Å²) in [6.07, 6.45) is 0. The predicted octanol–water partition coefficient (Wildman–Crippen LogP) is 4.93. The molecule has 0 saturated heterocycles. The highest BCUT2D eigenvalue weighted by atomic mass is 16.5. The van der Waals surface area contributed by atoms with Gasteiger partial charge < -0.3 is 10.5 Å². The fourth-order valence-electron chi connectivity index (χ4n) is 2.44. The van der Waals surface area contributed by atoms with E-state index in [1.165, 1.54) is 11.1 Å². The van der Waals surface area contributed by atoms with Crippen molar-refractivity contribution < 1.29 is 4.74 Å². The first-order valence-corrected chi connectivity index (χ1v) is 7.12. The highest BCUT2D eigenvalue weighted by molar-refractivity contribution is 5.42. The van der Waals surface area contributed by atoms with Crippen LogP contribution in [0.15, 0.2) is 42.5 Å². The number of hydrogen-bond donors (Lipinski definition) is 1. The van der Waals surface area contributed by atoms with Crippen molar-refractivity contribution in [1.29, 1.82) is 0 Å². The molecule has 0 aromatic heterocycles. The zero-order valence-electron chi connectivity index (χ0n) is 12.7. The monoisotopic (exact) mass is 269 g/mol. The van der Waals surface area contributed by atoms with Crippen molar-refractivity contribution in [2.24, 2.45) is 5.73 Å². The highest BCUT2D eigenvalue weighted by Gasteiger charge is 2.09. The van der Waals surface area contributed by atoms with Crippen molar-refractivity contribution in [2.75, 3.05) is 0 Å². The maximum atomic E-state index is 6.01. The maximum Gasteiger partial charge on any atom is 0.132 e. The average Bonchev–Trinajstić information content (AvgIpc) is 2.38. The van der Waals surface area contributed by atoms with Gasteiger partial charge in [-0.2, -0.15) is 0 Å². The summed E-state index contributed by atoms with van der Waals surface area (Å²) in [6.45, 7) is 8.50. The van der Waals surface area contributed by atoms with E-state index in [4.69, 9.17) is 10.5 Å². The molecule has 0 heterocycles. The fourth-order valence-corrected chi connectivity index (χ4v) is 2.44. The third-order valence-corrected chi connectivity index (χ3v) is 3.50. The Morgan fingerprint density at radius 1 is 0.950 bits per heavy atom. The minimum Gasteiger partial charge on any atom is -0.457 e. The van der Waals surface area contributed by atoms with Gasteiger partial charge in [0.25, 0.3) is 0 Å². The quantitative estimate of drug-likeness (QED) is 0.854. The molecular formula is C18H23NO. The van der Waals surface area contributed by atoms with E-state index in [0.29, 0.717) is 5.92 Å². The molecule has 106 valence electrons. The van der Waals surface area contributed by atoms with Crippen LogP contribution in [0.25, 0.3) is 0 Å². The van der Waals surface area contributed by atoms with E-state index >= 15 is 0 Å². The van der Waals surface area contributed by atoms with E-state index < -0.39 is 0 Å². The molecule has 20 heavy (non-hydrogen) atoms. The van der Waals surface area contributed by atoms with Gasteiger partial charge in [-0.1, -0.05) is 38.1 Å². The number of nitrogens with two attached hydrogens (primary N) is 1. The van der Waals surface area contributed by atoms with E-state index in [0.717, 1.165) is 17.1 Å². The summed E-state index contributed by atoms with van der Waals surface area (Å²) in [4.78, 5) is 0. The van der Waals surface area contributed by atoms with Crippen LogP contribution in [0.5, 0.6) is 11.5 Å². The molecule has 0 radical (unpaired) electrons. The van der Waals surface area contributed by atoms with Crippen LogP contribution in [0.2, 0.25) is 0 Å². The van der Waals surface area contributed by atoms with Gasteiger partial charge in [0, 0.05) is 11.6 Å². The SMILES string of the molecule is Cc1cc(Oc2ccccc2[C@H](C)N)ccc1C(C)C. The number of benzene rings is 2. The van der Waals surface area contributed by atoms with E-state index in [9.17, 15) is 0 Å². The second-order valence-corrected chi connectivity index (χ2v) is 5.60. The third-order valence-electron chi connectivity index (χ3n) is 3.50. The van der Waals surface area contributed by atoms with Crippen molar-refractivity contribution in [1.82, 2.24) is 0 Å². The van der Waals surface area contributed by atoms with Crippen LogP contribution in [0.1, 0.15) is 49.4 Å². The molecular weight excluding hydrogens is 246 g/mol. The minimum atomic E-state index is -0.0396. The van der Waals surface area contributed by atoms with Gasteiger partial charge in [-0.05, 0) is 49.1 Å². The maximum absolute atomic E-state index is 6.01. The molecule has 2 heteroatoms. The van der Waals surface area contributed by atoms with E-state index in [1.807, 2.05) is 37.3 Å². The van der Waals surface area contributed by atoms with Crippen LogP contribution in [-0.4, -0.2) is 0 Å². The van der Waals surface area contributed by atoms with Gasteiger partial charge in [0.15, 0.2) is 0 Å². The Hall–Kier alpha value is -1.80. The Balaban J connectivity index is 2.29. The number of hydrogen-bond acceptors (Lipinski definition) is 2. The highest BCUT2D eigenvalue weighted by Crippen LogP contribution is 2.30. The van der Waals surface area contributed by atoms with Crippen LogP contribution in [-0.2, 0) is 0 Å². The van der Waals surface area contributed by atoms with Gasteiger partial charge in [-0.15, -0.1) is 0 Å². The van der Waals surface area contributed by atoms with E-state index in [1.54, 1.807) is 0 Å². The van der Waals surface area contributed by atoms with Gasteiger partial charge >= 0.3 is 0 Å². The molecule has 2 N–H and O–H groups in total. The molecule has 0 unspecified atom stereocenters. The van der Waals surface area contributed by atoms with Crippen LogP contribution >= 0.6 is 0 Å². The Kier molecular flexibility index (Phi) is 4.46. The van der Waals surface area contributed by atoms with E-state index in [2.05, 4.69) is 32.9 Å². The van der Waals surface area contributed by atoms with Crippen LogP contribution < -0.4 is 10.5 Å². The zero-order chi connectivity index (χ0) is 14.7.